The van der Waals surface area contributed by atoms with Gasteiger partial charge in [0.2, 0.25) is 0 Å². The minimum atomic E-state index is -4.29. The Labute approximate surface area is 189 Å². The summed E-state index contributed by atoms with van der Waals surface area (Å²) in [5, 5.41) is 3.63. The standard InChI is InChI=1S/C25H35F3N4/c1-3-4-5-14-31(19-24-20(2)7-6-12-30-24)17-23-18-32(15-13-29-23)16-21-8-10-22(11-9-21)25(26,27)28/h6-12,23,29H,3-5,13-19H2,1-2H3/t23-/m1/s1. The maximum absolute atomic E-state index is 12.8. The molecule has 2 heterocycles. The topological polar surface area (TPSA) is 31.4 Å². The molecule has 1 saturated heterocycles. The van der Waals surface area contributed by atoms with Gasteiger partial charge in [-0.1, -0.05) is 38.0 Å². The summed E-state index contributed by atoms with van der Waals surface area (Å²) in [5.74, 6) is 0. The lowest BCUT2D eigenvalue weighted by atomic mass is 10.1. The van der Waals surface area contributed by atoms with Crippen molar-refractivity contribution in [3.63, 3.8) is 0 Å². The van der Waals surface area contributed by atoms with Crippen molar-refractivity contribution in [2.45, 2.75) is 58.4 Å². The van der Waals surface area contributed by atoms with E-state index in [1.54, 1.807) is 12.1 Å². The van der Waals surface area contributed by atoms with Crippen LogP contribution < -0.4 is 5.32 Å². The first kappa shape index (κ1) is 24.7. The highest BCUT2D eigenvalue weighted by atomic mass is 19.4. The Morgan fingerprint density at radius 1 is 1.16 bits per heavy atom. The van der Waals surface area contributed by atoms with E-state index in [0.717, 1.165) is 50.5 Å². The van der Waals surface area contributed by atoms with Crippen LogP contribution in [0.3, 0.4) is 0 Å². The highest BCUT2D eigenvalue weighted by Gasteiger charge is 2.30. The van der Waals surface area contributed by atoms with Gasteiger partial charge in [-0.2, -0.15) is 13.2 Å². The van der Waals surface area contributed by atoms with Crippen LogP contribution in [0.1, 0.15) is 48.6 Å². The summed E-state index contributed by atoms with van der Waals surface area (Å²) >= 11 is 0. The van der Waals surface area contributed by atoms with Crippen molar-refractivity contribution in [1.29, 1.82) is 0 Å². The maximum atomic E-state index is 12.8. The fourth-order valence-electron chi connectivity index (χ4n) is 4.25. The van der Waals surface area contributed by atoms with E-state index < -0.39 is 11.7 Å². The molecule has 4 nitrogen and oxygen atoms in total. The molecule has 1 fully saturated rings. The predicted octanol–water partition coefficient (Wildman–Crippen LogP) is 4.88. The molecule has 0 amide bonds. The minimum absolute atomic E-state index is 0.323. The lowest BCUT2D eigenvalue weighted by Crippen LogP contribution is -2.54. The molecule has 0 aliphatic carbocycles. The first-order chi connectivity index (χ1) is 15.3. The maximum Gasteiger partial charge on any atom is 0.416 e. The lowest BCUT2D eigenvalue weighted by molar-refractivity contribution is -0.137. The summed E-state index contributed by atoms with van der Waals surface area (Å²) in [6, 6.07) is 9.96. The summed E-state index contributed by atoms with van der Waals surface area (Å²) in [6.45, 7) is 10.5. The number of rotatable bonds is 10. The van der Waals surface area contributed by atoms with E-state index >= 15 is 0 Å². The van der Waals surface area contributed by atoms with Crippen molar-refractivity contribution in [3.8, 4) is 0 Å². The van der Waals surface area contributed by atoms with Crippen LogP contribution in [0.15, 0.2) is 42.6 Å². The number of benzene rings is 1. The Morgan fingerprint density at radius 2 is 1.94 bits per heavy atom. The molecule has 176 valence electrons. The molecule has 0 bridgehead atoms. The number of hydrogen-bond acceptors (Lipinski definition) is 4. The van der Waals surface area contributed by atoms with Crippen molar-refractivity contribution >= 4 is 0 Å². The molecule has 0 saturated carbocycles. The van der Waals surface area contributed by atoms with Crippen LogP contribution in [0.4, 0.5) is 13.2 Å². The van der Waals surface area contributed by atoms with Crippen LogP contribution >= 0.6 is 0 Å². The second-order valence-electron chi connectivity index (χ2n) is 8.79. The number of nitrogens with zero attached hydrogens (tertiary/aromatic N) is 3. The normalized spacial score (nSPS) is 17.8. The molecule has 1 atom stereocenters. The van der Waals surface area contributed by atoms with Crippen molar-refractivity contribution in [2.24, 2.45) is 0 Å². The molecule has 1 aliphatic rings. The van der Waals surface area contributed by atoms with Gasteiger partial charge in [-0.15, -0.1) is 0 Å². The number of piperazine rings is 1. The average Bonchev–Trinajstić information content (AvgIpc) is 2.75. The van der Waals surface area contributed by atoms with Crippen molar-refractivity contribution < 1.29 is 13.2 Å². The monoisotopic (exact) mass is 448 g/mol. The number of unbranched alkanes of at least 4 members (excludes halogenated alkanes) is 2. The Balaban J connectivity index is 1.58. The van der Waals surface area contributed by atoms with Crippen LogP contribution in [-0.2, 0) is 19.3 Å². The van der Waals surface area contributed by atoms with E-state index in [4.69, 9.17) is 0 Å². The molecule has 3 rings (SSSR count). The summed E-state index contributed by atoms with van der Waals surface area (Å²) in [7, 11) is 0. The van der Waals surface area contributed by atoms with Crippen molar-refractivity contribution in [2.75, 3.05) is 32.7 Å². The molecule has 7 heteroatoms. The zero-order valence-electron chi connectivity index (χ0n) is 19.2. The van der Waals surface area contributed by atoms with Gasteiger partial charge >= 0.3 is 6.18 Å². The highest BCUT2D eigenvalue weighted by molar-refractivity contribution is 5.24. The number of hydrogen-bond donors (Lipinski definition) is 1. The lowest BCUT2D eigenvalue weighted by Gasteiger charge is -2.36. The van der Waals surface area contributed by atoms with E-state index in [9.17, 15) is 13.2 Å². The largest absolute Gasteiger partial charge is 0.416 e. The van der Waals surface area contributed by atoms with Gasteiger partial charge < -0.3 is 5.32 Å². The third-order valence-electron chi connectivity index (χ3n) is 6.07. The van der Waals surface area contributed by atoms with Gasteiger partial charge in [0, 0.05) is 51.5 Å². The van der Waals surface area contributed by atoms with Crippen molar-refractivity contribution in [3.05, 3.63) is 65.0 Å². The molecule has 0 unspecified atom stereocenters. The van der Waals surface area contributed by atoms with Crippen LogP contribution in [0.2, 0.25) is 0 Å². The molecule has 0 spiro atoms. The van der Waals surface area contributed by atoms with Crippen LogP contribution in [0.5, 0.6) is 0 Å². The number of aromatic nitrogens is 1. The summed E-state index contributed by atoms with van der Waals surface area (Å²) < 4.78 is 38.4. The van der Waals surface area contributed by atoms with E-state index in [-0.39, 0.29) is 0 Å². The van der Waals surface area contributed by atoms with E-state index in [0.29, 0.717) is 12.6 Å². The minimum Gasteiger partial charge on any atom is -0.310 e. The van der Waals surface area contributed by atoms with Crippen LogP contribution in [-0.4, -0.2) is 53.5 Å². The van der Waals surface area contributed by atoms with E-state index in [1.165, 1.54) is 37.0 Å². The van der Waals surface area contributed by atoms with E-state index in [1.807, 2.05) is 12.3 Å². The first-order valence-electron chi connectivity index (χ1n) is 11.6. The SMILES string of the molecule is CCCCCN(Cc1ncccc1C)C[C@@H]1CN(Cc2ccc(C(F)(F)F)cc2)CCN1. The van der Waals surface area contributed by atoms with Gasteiger partial charge in [-0.25, -0.2) is 0 Å². The first-order valence-corrected chi connectivity index (χ1v) is 11.6. The van der Waals surface area contributed by atoms with Gasteiger partial charge in [0.25, 0.3) is 0 Å². The summed E-state index contributed by atoms with van der Waals surface area (Å²) in [4.78, 5) is 9.41. The molecule has 1 aromatic heterocycles. The summed E-state index contributed by atoms with van der Waals surface area (Å²) in [6.07, 6.45) is 1.16. The van der Waals surface area contributed by atoms with Crippen molar-refractivity contribution in [1.82, 2.24) is 20.1 Å². The Morgan fingerprint density at radius 3 is 2.62 bits per heavy atom. The Kier molecular flexibility index (Phi) is 9.08. The van der Waals surface area contributed by atoms with Gasteiger partial charge in [-0.3, -0.25) is 14.8 Å². The number of nitrogens with one attached hydrogen (secondary N) is 1. The van der Waals surface area contributed by atoms with Gasteiger partial charge in [-0.05, 0) is 49.2 Å². The number of aryl methyl sites for hydroxylation is 1. The highest BCUT2D eigenvalue weighted by Crippen LogP contribution is 2.29. The molecule has 2 aromatic rings. The number of pyridine rings is 1. The molecule has 1 N–H and O–H groups in total. The second-order valence-corrected chi connectivity index (χ2v) is 8.79. The molecule has 0 radical (unpaired) electrons. The third kappa shape index (κ3) is 7.57. The smallest absolute Gasteiger partial charge is 0.310 e. The van der Waals surface area contributed by atoms with Crippen LogP contribution in [0.25, 0.3) is 0 Å². The summed E-state index contributed by atoms with van der Waals surface area (Å²) in [5.41, 5.74) is 2.67. The fraction of sp³-hybridized carbons (Fsp3) is 0.560. The number of halogens is 3. The fourth-order valence-corrected chi connectivity index (χ4v) is 4.25. The molecule has 32 heavy (non-hydrogen) atoms. The molecule has 1 aliphatic heterocycles. The zero-order chi connectivity index (χ0) is 23.0. The molecular formula is C25H35F3N4. The van der Waals surface area contributed by atoms with Gasteiger partial charge in [0.15, 0.2) is 0 Å². The molecular weight excluding hydrogens is 413 g/mol. The zero-order valence-corrected chi connectivity index (χ0v) is 19.2. The average molecular weight is 449 g/mol. The second kappa shape index (κ2) is 11.8. The molecule has 1 aromatic carbocycles. The van der Waals surface area contributed by atoms with Gasteiger partial charge in [0.1, 0.15) is 0 Å². The third-order valence-corrected chi connectivity index (χ3v) is 6.07. The predicted molar refractivity (Wildman–Crippen MR) is 122 cm³/mol. The number of alkyl halides is 3. The van der Waals surface area contributed by atoms with E-state index in [2.05, 4.69) is 40.0 Å². The van der Waals surface area contributed by atoms with Crippen LogP contribution in [0, 0.1) is 6.92 Å². The quantitative estimate of drug-likeness (QED) is 0.525. The Bertz CT molecular complexity index is 823. The van der Waals surface area contributed by atoms with Gasteiger partial charge in [0.05, 0.1) is 11.3 Å². The Hall–Kier alpha value is -1.96.